The molecule has 0 bridgehead atoms. The van der Waals surface area contributed by atoms with Crippen LogP contribution in [0.5, 0.6) is 0 Å². The summed E-state index contributed by atoms with van der Waals surface area (Å²) in [6, 6.07) is 2.26. The van der Waals surface area contributed by atoms with Gasteiger partial charge in [0.15, 0.2) is 0 Å². The Morgan fingerprint density at radius 3 is 2.61 bits per heavy atom. The minimum atomic E-state index is 0.268. The van der Waals surface area contributed by atoms with Crippen LogP contribution in [0.4, 0.5) is 5.95 Å². The SMILES string of the molecule is COC1CCN(c2nc(C)cc(C)n2)C(CN)C1. The van der Waals surface area contributed by atoms with E-state index in [1.165, 1.54) is 0 Å². The second kappa shape index (κ2) is 5.63. The lowest BCUT2D eigenvalue weighted by Gasteiger charge is -2.38. The molecule has 2 N–H and O–H groups in total. The highest BCUT2D eigenvalue weighted by molar-refractivity contribution is 5.35. The van der Waals surface area contributed by atoms with Gasteiger partial charge in [-0.15, -0.1) is 0 Å². The van der Waals surface area contributed by atoms with Crippen molar-refractivity contribution in [1.29, 1.82) is 0 Å². The summed E-state index contributed by atoms with van der Waals surface area (Å²) in [5.41, 5.74) is 7.88. The summed E-state index contributed by atoms with van der Waals surface area (Å²) in [5, 5.41) is 0. The summed E-state index contributed by atoms with van der Waals surface area (Å²) in [7, 11) is 1.77. The summed E-state index contributed by atoms with van der Waals surface area (Å²) < 4.78 is 5.43. The average Bonchev–Trinajstić information content (AvgIpc) is 2.36. The molecule has 2 heterocycles. The van der Waals surface area contributed by atoms with Crippen LogP contribution in [0.1, 0.15) is 24.2 Å². The van der Waals surface area contributed by atoms with Crippen LogP contribution >= 0.6 is 0 Å². The van der Waals surface area contributed by atoms with Crippen LogP contribution in [0.25, 0.3) is 0 Å². The zero-order valence-electron chi connectivity index (χ0n) is 11.4. The van der Waals surface area contributed by atoms with Crippen LogP contribution in [0.15, 0.2) is 6.07 Å². The van der Waals surface area contributed by atoms with Gasteiger partial charge in [0.05, 0.1) is 6.10 Å². The van der Waals surface area contributed by atoms with Gasteiger partial charge in [-0.1, -0.05) is 0 Å². The van der Waals surface area contributed by atoms with Crippen LogP contribution in [0.2, 0.25) is 0 Å². The molecule has 0 aliphatic carbocycles. The molecule has 2 rings (SSSR count). The molecule has 0 radical (unpaired) electrons. The van der Waals surface area contributed by atoms with Crippen molar-refractivity contribution < 1.29 is 4.74 Å². The third-order valence-corrected chi connectivity index (χ3v) is 3.50. The maximum absolute atomic E-state index is 5.87. The number of ether oxygens (including phenoxy) is 1. The Kier molecular flexibility index (Phi) is 4.14. The van der Waals surface area contributed by atoms with E-state index in [9.17, 15) is 0 Å². The van der Waals surface area contributed by atoms with E-state index < -0.39 is 0 Å². The van der Waals surface area contributed by atoms with E-state index in [4.69, 9.17) is 10.5 Å². The van der Waals surface area contributed by atoms with Gasteiger partial charge in [-0.25, -0.2) is 9.97 Å². The van der Waals surface area contributed by atoms with Crippen molar-refractivity contribution in [2.45, 2.75) is 38.8 Å². The van der Waals surface area contributed by atoms with Gasteiger partial charge in [0.25, 0.3) is 0 Å². The molecule has 0 aromatic carbocycles. The minimum absolute atomic E-state index is 0.268. The van der Waals surface area contributed by atoms with E-state index in [1.54, 1.807) is 7.11 Å². The first-order valence-corrected chi connectivity index (χ1v) is 6.46. The number of hydrogen-bond donors (Lipinski definition) is 1. The number of rotatable bonds is 3. The van der Waals surface area contributed by atoms with Crippen LogP contribution in [0, 0.1) is 13.8 Å². The number of nitrogens with zero attached hydrogens (tertiary/aromatic N) is 3. The molecule has 1 aromatic rings. The van der Waals surface area contributed by atoms with E-state index in [2.05, 4.69) is 14.9 Å². The molecule has 100 valence electrons. The summed E-state index contributed by atoms with van der Waals surface area (Å²) in [5.74, 6) is 0.803. The third kappa shape index (κ3) is 2.79. The van der Waals surface area contributed by atoms with Crippen molar-refractivity contribution in [3.05, 3.63) is 17.5 Å². The standard InChI is InChI=1S/C13H22N4O/c1-9-6-10(2)16-13(15-9)17-5-4-12(18-3)7-11(17)8-14/h6,11-12H,4-5,7-8,14H2,1-3H3. The first kappa shape index (κ1) is 13.2. The molecular weight excluding hydrogens is 228 g/mol. The Bertz CT molecular complexity index is 390. The Morgan fingerprint density at radius 1 is 1.39 bits per heavy atom. The molecule has 18 heavy (non-hydrogen) atoms. The fourth-order valence-electron chi connectivity index (χ4n) is 2.55. The second-order valence-corrected chi connectivity index (χ2v) is 4.92. The molecule has 1 aromatic heterocycles. The monoisotopic (exact) mass is 250 g/mol. The molecule has 2 atom stereocenters. The van der Waals surface area contributed by atoms with Gasteiger partial charge >= 0.3 is 0 Å². The molecular formula is C13H22N4O. The largest absolute Gasteiger partial charge is 0.381 e. The Morgan fingerprint density at radius 2 is 2.06 bits per heavy atom. The molecule has 5 nitrogen and oxygen atoms in total. The molecule has 1 aliphatic heterocycles. The first-order chi connectivity index (χ1) is 8.63. The van der Waals surface area contributed by atoms with Gasteiger partial charge < -0.3 is 15.4 Å². The minimum Gasteiger partial charge on any atom is -0.381 e. The van der Waals surface area contributed by atoms with E-state index in [0.717, 1.165) is 36.7 Å². The fraction of sp³-hybridized carbons (Fsp3) is 0.692. The number of aryl methyl sites for hydroxylation is 2. The molecule has 0 spiro atoms. The lowest BCUT2D eigenvalue weighted by Crippen LogP contribution is -2.49. The number of piperidine rings is 1. The van der Waals surface area contributed by atoms with E-state index >= 15 is 0 Å². The number of methoxy groups -OCH3 is 1. The third-order valence-electron chi connectivity index (χ3n) is 3.50. The lowest BCUT2D eigenvalue weighted by atomic mass is 10.00. The number of hydrogen-bond acceptors (Lipinski definition) is 5. The predicted molar refractivity (Wildman–Crippen MR) is 71.7 cm³/mol. The van der Waals surface area contributed by atoms with Crippen molar-refractivity contribution in [3.8, 4) is 0 Å². The van der Waals surface area contributed by atoms with E-state index in [0.29, 0.717) is 12.6 Å². The Balaban J connectivity index is 2.20. The van der Waals surface area contributed by atoms with Crippen molar-refractivity contribution in [3.63, 3.8) is 0 Å². The smallest absolute Gasteiger partial charge is 0.226 e. The van der Waals surface area contributed by atoms with Crippen LogP contribution < -0.4 is 10.6 Å². The van der Waals surface area contributed by atoms with Gasteiger partial charge in [0, 0.05) is 37.6 Å². The molecule has 2 unspecified atom stereocenters. The zero-order chi connectivity index (χ0) is 13.1. The second-order valence-electron chi connectivity index (χ2n) is 4.92. The van der Waals surface area contributed by atoms with Crippen molar-refractivity contribution >= 4 is 5.95 Å². The van der Waals surface area contributed by atoms with Crippen LogP contribution in [-0.4, -0.2) is 42.3 Å². The lowest BCUT2D eigenvalue weighted by molar-refractivity contribution is 0.0706. The highest BCUT2D eigenvalue weighted by Crippen LogP contribution is 2.23. The Hall–Kier alpha value is -1.20. The van der Waals surface area contributed by atoms with Gasteiger partial charge in [0.2, 0.25) is 5.95 Å². The molecule has 5 heteroatoms. The van der Waals surface area contributed by atoms with Crippen molar-refractivity contribution in [2.24, 2.45) is 5.73 Å². The topological polar surface area (TPSA) is 64.3 Å². The van der Waals surface area contributed by atoms with Crippen LogP contribution in [0.3, 0.4) is 0 Å². The van der Waals surface area contributed by atoms with Crippen LogP contribution in [-0.2, 0) is 4.74 Å². The summed E-state index contributed by atoms with van der Waals surface area (Å²) >= 11 is 0. The maximum atomic E-state index is 5.87. The number of nitrogens with two attached hydrogens (primary N) is 1. The molecule has 0 amide bonds. The van der Waals surface area contributed by atoms with E-state index in [-0.39, 0.29) is 6.04 Å². The highest BCUT2D eigenvalue weighted by atomic mass is 16.5. The normalized spacial score (nSPS) is 24.3. The number of aromatic nitrogens is 2. The summed E-state index contributed by atoms with van der Waals surface area (Å²) in [6.07, 6.45) is 2.26. The molecule has 0 saturated carbocycles. The number of anilines is 1. The quantitative estimate of drug-likeness (QED) is 0.868. The van der Waals surface area contributed by atoms with E-state index in [1.807, 2.05) is 19.9 Å². The zero-order valence-corrected chi connectivity index (χ0v) is 11.4. The van der Waals surface area contributed by atoms with Gasteiger partial charge in [-0.05, 0) is 32.8 Å². The summed E-state index contributed by atoms with van der Waals surface area (Å²) in [6.45, 7) is 5.51. The average molecular weight is 250 g/mol. The van der Waals surface area contributed by atoms with Crippen molar-refractivity contribution in [2.75, 3.05) is 25.1 Å². The molecule has 1 saturated heterocycles. The fourth-order valence-corrected chi connectivity index (χ4v) is 2.55. The highest BCUT2D eigenvalue weighted by Gasteiger charge is 2.29. The molecule has 1 fully saturated rings. The van der Waals surface area contributed by atoms with Gasteiger partial charge in [-0.3, -0.25) is 0 Å². The maximum Gasteiger partial charge on any atom is 0.226 e. The predicted octanol–water partition coefficient (Wildman–Crippen LogP) is 1.04. The van der Waals surface area contributed by atoms with Gasteiger partial charge in [0.1, 0.15) is 0 Å². The first-order valence-electron chi connectivity index (χ1n) is 6.46. The Labute approximate surface area is 108 Å². The molecule has 1 aliphatic rings. The van der Waals surface area contributed by atoms with Gasteiger partial charge in [-0.2, -0.15) is 0 Å². The summed E-state index contributed by atoms with van der Waals surface area (Å²) in [4.78, 5) is 11.3. The van der Waals surface area contributed by atoms with Crippen molar-refractivity contribution in [1.82, 2.24) is 9.97 Å².